The first-order valence-electron chi connectivity index (χ1n) is 14.6. The molecule has 0 rings (SSSR count). The molecule has 202 valence electrons. The van der Waals surface area contributed by atoms with Crippen LogP contribution in [0.15, 0.2) is 36.0 Å². The van der Waals surface area contributed by atoms with Crippen LogP contribution in [0.3, 0.4) is 0 Å². The van der Waals surface area contributed by atoms with Gasteiger partial charge >= 0.3 is 0 Å². The van der Waals surface area contributed by atoms with Gasteiger partial charge in [0.05, 0.1) is 0 Å². The summed E-state index contributed by atoms with van der Waals surface area (Å²) in [6.45, 7) is 31.8. The van der Waals surface area contributed by atoms with Crippen LogP contribution in [0.5, 0.6) is 0 Å². The van der Waals surface area contributed by atoms with E-state index >= 15 is 0 Å². The van der Waals surface area contributed by atoms with Crippen molar-refractivity contribution in [3.05, 3.63) is 36.0 Å². The van der Waals surface area contributed by atoms with Crippen molar-refractivity contribution in [1.82, 2.24) is 4.90 Å². The normalized spacial score (nSPS) is 17.3. The molecule has 0 saturated carbocycles. The summed E-state index contributed by atoms with van der Waals surface area (Å²) < 4.78 is 0. The Balaban J connectivity index is 0. The van der Waals surface area contributed by atoms with Gasteiger partial charge in [0.15, 0.2) is 0 Å². The average Bonchev–Trinajstić information content (AvgIpc) is 2.81. The minimum atomic E-state index is 0.558. The Kier molecular flexibility index (Phi) is 21.2. The molecule has 0 heterocycles. The highest BCUT2D eigenvalue weighted by Gasteiger charge is 2.19. The van der Waals surface area contributed by atoms with E-state index < -0.39 is 0 Å². The smallest absolute Gasteiger partial charge is 0.00609 e. The predicted octanol–water partition coefficient (Wildman–Crippen LogP) is 10.7. The van der Waals surface area contributed by atoms with E-state index in [0.717, 1.165) is 36.5 Å². The molecule has 0 aliphatic heterocycles. The lowest BCUT2D eigenvalue weighted by atomic mass is 9.80. The highest BCUT2D eigenvalue weighted by Crippen LogP contribution is 2.31. The highest BCUT2D eigenvalue weighted by atomic mass is 15.1. The van der Waals surface area contributed by atoms with Gasteiger partial charge in [-0.2, -0.15) is 0 Å². The van der Waals surface area contributed by atoms with Crippen molar-refractivity contribution in [3.63, 3.8) is 0 Å². The van der Waals surface area contributed by atoms with E-state index in [1.807, 2.05) is 0 Å². The summed E-state index contributed by atoms with van der Waals surface area (Å²) >= 11 is 0. The van der Waals surface area contributed by atoms with Gasteiger partial charge in [-0.05, 0) is 100 Å². The fourth-order valence-corrected chi connectivity index (χ4v) is 4.20. The standard InChI is InChI=1S/C30H57N.C3H8/c1-13-22(3)21-30(14-2)29(10)27(8)18-17-25(6)23(4)15-16-24(5)26(7)19-20-28(9)31(11)12;1-3-2/h21,23-28H,3,10,13-20H2,1-2,4-9,11-12H3;3H2,1-2H3/b30-21-;. The van der Waals surface area contributed by atoms with Crippen LogP contribution in [0, 0.1) is 29.6 Å². The van der Waals surface area contributed by atoms with Gasteiger partial charge in [-0.1, -0.05) is 106 Å². The molecule has 0 radical (unpaired) electrons. The maximum absolute atomic E-state index is 4.44. The molecule has 1 heteroatoms. The van der Waals surface area contributed by atoms with Crippen LogP contribution in [0.1, 0.15) is 127 Å². The molecule has 0 aliphatic rings. The van der Waals surface area contributed by atoms with Crippen LogP contribution < -0.4 is 0 Å². The molecular weight excluding hydrogens is 410 g/mol. The quantitative estimate of drug-likeness (QED) is 0.189. The molecule has 6 unspecified atom stereocenters. The third kappa shape index (κ3) is 16.0. The van der Waals surface area contributed by atoms with Crippen LogP contribution in [0.2, 0.25) is 0 Å². The highest BCUT2D eigenvalue weighted by molar-refractivity contribution is 5.35. The second-order valence-corrected chi connectivity index (χ2v) is 11.6. The molecule has 1 nitrogen and oxygen atoms in total. The van der Waals surface area contributed by atoms with Crippen molar-refractivity contribution in [2.75, 3.05) is 14.1 Å². The first-order valence-corrected chi connectivity index (χ1v) is 14.6. The molecule has 6 atom stereocenters. The van der Waals surface area contributed by atoms with E-state index in [0.29, 0.717) is 12.0 Å². The topological polar surface area (TPSA) is 3.24 Å². The van der Waals surface area contributed by atoms with Crippen molar-refractivity contribution < 1.29 is 0 Å². The van der Waals surface area contributed by atoms with Gasteiger partial charge < -0.3 is 4.90 Å². The molecule has 0 N–H and O–H groups in total. The SMILES string of the molecule is C=C(/C=C(/CC)C(=C)C(C)CCC(C)C(C)CCC(C)C(C)CCC(C)N(C)C)CC.CCC. The largest absolute Gasteiger partial charge is 0.307 e. The Hall–Kier alpha value is -0.820. The second kappa shape index (κ2) is 20.4. The van der Waals surface area contributed by atoms with E-state index in [1.54, 1.807) is 0 Å². The maximum atomic E-state index is 4.44. The van der Waals surface area contributed by atoms with E-state index in [9.17, 15) is 0 Å². The van der Waals surface area contributed by atoms with E-state index in [1.165, 1.54) is 61.7 Å². The van der Waals surface area contributed by atoms with Crippen LogP contribution in [0.4, 0.5) is 0 Å². The summed E-state index contributed by atoms with van der Waals surface area (Å²) in [6, 6.07) is 0.688. The van der Waals surface area contributed by atoms with E-state index in [4.69, 9.17) is 0 Å². The fraction of sp³-hybridized carbons (Fsp3) is 0.818. The van der Waals surface area contributed by atoms with Crippen molar-refractivity contribution in [2.45, 2.75) is 133 Å². The Morgan fingerprint density at radius 1 is 0.647 bits per heavy atom. The lowest BCUT2D eigenvalue weighted by Crippen LogP contribution is -2.25. The molecule has 0 aromatic carbocycles. The fourth-order valence-electron chi connectivity index (χ4n) is 4.20. The summed E-state index contributed by atoms with van der Waals surface area (Å²) in [5.74, 6) is 3.79. The van der Waals surface area contributed by atoms with Crippen molar-refractivity contribution >= 4 is 0 Å². The molecule has 0 aromatic rings. The molecular formula is C33H65N. The first kappa shape index (κ1) is 35.3. The molecule has 0 aliphatic carbocycles. The number of rotatable bonds is 17. The zero-order valence-electron chi connectivity index (χ0n) is 25.8. The number of hydrogen-bond acceptors (Lipinski definition) is 1. The molecule has 0 fully saturated rings. The summed E-state index contributed by atoms with van der Waals surface area (Å²) in [5, 5.41) is 0. The number of hydrogen-bond donors (Lipinski definition) is 0. The average molecular weight is 476 g/mol. The summed E-state index contributed by atoms with van der Waals surface area (Å²) in [4.78, 5) is 2.34. The predicted molar refractivity (Wildman–Crippen MR) is 160 cm³/mol. The third-order valence-electron chi connectivity index (χ3n) is 8.22. The first-order chi connectivity index (χ1) is 15.9. The second-order valence-electron chi connectivity index (χ2n) is 11.6. The van der Waals surface area contributed by atoms with Crippen molar-refractivity contribution in [1.29, 1.82) is 0 Å². The van der Waals surface area contributed by atoms with Crippen LogP contribution in [0.25, 0.3) is 0 Å². The van der Waals surface area contributed by atoms with Crippen LogP contribution in [-0.4, -0.2) is 25.0 Å². The maximum Gasteiger partial charge on any atom is 0.00609 e. The summed E-state index contributed by atoms with van der Waals surface area (Å²) in [6.07, 6.45) is 13.5. The van der Waals surface area contributed by atoms with E-state index in [2.05, 4.69) is 107 Å². The molecule has 0 amide bonds. The van der Waals surface area contributed by atoms with Gasteiger partial charge in [0.2, 0.25) is 0 Å². The molecule has 0 aromatic heterocycles. The Morgan fingerprint density at radius 2 is 1.03 bits per heavy atom. The Morgan fingerprint density at radius 3 is 1.38 bits per heavy atom. The zero-order valence-corrected chi connectivity index (χ0v) is 25.8. The Bertz CT molecular complexity index is 555. The van der Waals surface area contributed by atoms with Crippen LogP contribution >= 0.6 is 0 Å². The number of allylic oxidation sites excluding steroid dienone is 4. The minimum absolute atomic E-state index is 0.558. The summed E-state index contributed by atoms with van der Waals surface area (Å²) in [7, 11) is 4.39. The van der Waals surface area contributed by atoms with Gasteiger partial charge in [0.1, 0.15) is 0 Å². The Labute approximate surface area is 217 Å². The zero-order chi connectivity index (χ0) is 26.8. The lowest BCUT2D eigenvalue weighted by Gasteiger charge is -2.27. The minimum Gasteiger partial charge on any atom is -0.307 e. The number of nitrogens with zero attached hydrogens (tertiary/aromatic N) is 1. The molecule has 34 heavy (non-hydrogen) atoms. The van der Waals surface area contributed by atoms with E-state index in [-0.39, 0.29) is 0 Å². The molecule has 0 saturated heterocycles. The van der Waals surface area contributed by atoms with Crippen LogP contribution in [-0.2, 0) is 0 Å². The van der Waals surface area contributed by atoms with Gasteiger partial charge in [-0.3, -0.25) is 0 Å². The third-order valence-corrected chi connectivity index (χ3v) is 8.22. The molecule has 0 spiro atoms. The van der Waals surface area contributed by atoms with Crippen molar-refractivity contribution in [2.24, 2.45) is 29.6 Å². The lowest BCUT2D eigenvalue weighted by molar-refractivity contribution is 0.240. The van der Waals surface area contributed by atoms with Gasteiger partial charge in [-0.15, -0.1) is 0 Å². The summed E-state index contributed by atoms with van der Waals surface area (Å²) in [5.41, 5.74) is 3.93. The monoisotopic (exact) mass is 476 g/mol. The van der Waals surface area contributed by atoms with Gasteiger partial charge in [-0.25, -0.2) is 0 Å². The van der Waals surface area contributed by atoms with Gasteiger partial charge in [0.25, 0.3) is 0 Å². The molecule has 0 bridgehead atoms. The van der Waals surface area contributed by atoms with Crippen molar-refractivity contribution in [3.8, 4) is 0 Å². The van der Waals surface area contributed by atoms with Gasteiger partial charge in [0, 0.05) is 6.04 Å².